The van der Waals surface area contributed by atoms with Crippen molar-refractivity contribution in [3.05, 3.63) is 29.8 Å². The first-order valence-electron chi connectivity index (χ1n) is 16.3. The van der Waals surface area contributed by atoms with Crippen LogP contribution in [0.5, 0.6) is 0 Å². The Morgan fingerprint density at radius 1 is 1.00 bits per heavy atom. The van der Waals surface area contributed by atoms with Gasteiger partial charge in [-0.3, -0.25) is 0 Å². The van der Waals surface area contributed by atoms with Gasteiger partial charge >= 0.3 is 12.2 Å². The number of alkyl halides is 3. The van der Waals surface area contributed by atoms with Gasteiger partial charge in [-0.1, -0.05) is 34.1 Å². The predicted molar refractivity (Wildman–Crippen MR) is 159 cm³/mol. The van der Waals surface area contributed by atoms with E-state index in [4.69, 9.17) is 0 Å². The predicted octanol–water partition coefficient (Wildman–Crippen LogP) is 7.38. The van der Waals surface area contributed by atoms with Gasteiger partial charge in [-0.25, -0.2) is 17.9 Å². The molecule has 1 aromatic carbocycles. The highest BCUT2D eigenvalue weighted by Gasteiger charge is 2.62. The van der Waals surface area contributed by atoms with E-state index in [1.807, 2.05) is 4.72 Å². The molecule has 5 rings (SSSR count). The van der Waals surface area contributed by atoms with Crippen LogP contribution in [-0.4, -0.2) is 32.2 Å². The third-order valence-electron chi connectivity index (χ3n) is 12.7. The third-order valence-corrected chi connectivity index (χ3v) is 14.1. The quantitative estimate of drug-likeness (QED) is 0.294. The lowest BCUT2D eigenvalue weighted by atomic mass is 9.42. The third kappa shape index (κ3) is 6.08. The number of amides is 2. The van der Waals surface area contributed by atoms with Gasteiger partial charge < -0.3 is 10.4 Å². The molecule has 10 heteroatoms. The molecule has 1 unspecified atom stereocenters. The first-order valence-corrected chi connectivity index (χ1v) is 17.7. The number of aliphatic hydroxyl groups excluding tert-OH is 1. The van der Waals surface area contributed by atoms with Crippen molar-refractivity contribution in [2.45, 2.75) is 109 Å². The summed E-state index contributed by atoms with van der Waals surface area (Å²) in [6, 6.07) is 2.19. The summed E-state index contributed by atoms with van der Waals surface area (Å²) in [6.45, 7) is 9.93. The number of hydrogen-bond donors (Lipinski definition) is 3. The fraction of sp³-hybridized carbons (Fsp3) is 0.788. The second-order valence-electron chi connectivity index (χ2n) is 14.7. The number of rotatable bonds is 7. The van der Waals surface area contributed by atoms with E-state index < -0.39 is 32.7 Å². The molecular formula is C33H49F3N2O4S. The molecule has 4 aliphatic carbocycles. The molecule has 0 bridgehead atoms. The zero-order chi connectivity index (χ0) is 31.4. The summed E-state index contributed by atoms with van der Waals surface area (Å²) in [5.74, 6) is 4.37. The Bertz CT molecular complexity index is 1270. The van der Waals surface area contributed by atoms with E-state index in [1.54, 1.807) is 0 Å². The van der Waals surface area contributed by atoms with Crippen LogP contribution < -0.4 is 10.0 Å². The second kappa shape index (κ2) is 11.8. The molecule has 0 saturated heterocycles. The minimum atomic E-state index is -4.57. The fourth-order valence-corrected chi connectivity index (χ4v) is 11.5. The lowest BCUT2D eigenvalue weighted by molar-refractivity contribution is -0.152. The maximum absolute atomic E-state index is 12.8. The number of halogens is 3. The molecule has 2 amide bonds. The van der Waals surface area contributed by atoms with Crippen LogP contribution >= 0.6 is 0 Å². The summed E-state index contributed by atoms with van der Waals surface area (Å²) in [5, 5.41) is 13.2. The molecule has 3 N–H and O–H groups in total. The molecular weight excluding hydrogens is 577 g/mol. The Hall–Kier alpha value is -1.81. The molecule has 242 valence electrons. The number of carbonyl (C=O) groups is 1. The molecule has 4 aliphatic rings. The largest absolute Gasteiger partial charge is 0.416 e. The molecule has 10 atom stereocenters. The average molecular weight is 627 g/mol. The van der Waals surface area contributed by atoms with Crippen molar-refractivity contribution in [1.82, 2.24) is 10.0 Å². The van der Waals surface area contributed by atoms with Crippen LogP contribution in [0.25, 0.3) is 0 Å². The number of hydrogen-bond acceptors (Lipinski definition) is 4. The number of urea groups is 1. The number of carbonyl (C=O) groups excluding carboxylic acids is 1. The van der Waals surface area contributed by atoms with Crippen LogP contribution in [-0.2, 0) is 16.2 Å². The minimum Gasteiger partial charge on any atom is -0.393 e. The SMILES string of the molecule is CC[C@H]1C[C@H]2C3CC[C@H]([C@H](C)CCNC(=O)NS(=O)(=O)c4ccc(C(F)(F)F)cc4)[C@@]3(C)CC[C@@H]2[C@@]2(C)CC[C@@H](O)C[C@@H]12. The van der Waals surface area contributed by atoms with Gasteiger partial charge in [-0.15, -0.1) is 0 Å². The van der Waals surface area contributed by atoms with Crippen molar-refractivity contribution in [3.8, 4) is 0 Å². The molecule has 4 fully saturated rings. The van der Waals surface area contributed by atoms with Crippen molar-refractivity contribution >= 4 is 16.1 Å². The summed E-state index contributed by atoms with van der Waals surface area (Å²) in [5.41, 5.74) is -0.377. The lowest BCUT2D eigenvalue weighted by Gasteiger charge is -2.63. The lowest BCUT2D eigenvalue weighted by Crippen LogP contribution is -2.56. The van der Waals surface area contributed by atoms with Gasteiger partial charge in [0.2, 0.25) is 0 Å². The van der Waals surface area contributed by atoms with Crippen LogP contribution in [0.4, 0.5) is 18.0 Å². The van der Waals surface area contributed by atoms with Gasteiger partial charge in [0.15, 0.2) is 0 Å². The summed E-state index contributed by atoms with van der Waals surface area (Å²) >= 11 is 0. The van der Waals surface area contributed by atoms with Crippen LogP contribution in [0.3, 0.4) is 0 Å². The molecule has 0 spiro atoms. The summed E-state index contributed by atoms with van der Waals surface area (Å²) in [6.07, 6.45) is 6.40. The normalized spacial score (nSPS) is 38.4. The van der Waals surface area contributed by atoms with Crippen molar-refractivity contribution in [2.24, 2.45) is 52.3 Å². The standard InChI is InChI=1S/C33H49F3N2O4S/c1-5-21-18-25-27-11-10-26(31(27,3)16-13-28(25)32(4)15-12-23(39)19-29(21)32)20(2)14-17-37-30(40)38-43(41,42)24-8-6-22(7-9-24)33(34,35)36/h6-9,20-21,23,25-29,39H,5,10-19H2,1-4H3,(H2,37,38,40)/t20-,21+,23-,25+,26-,27?,28+,29+,31-,32-/m1/s1. The Morgan fingerprint density at radius 2 is 1.65 bits per heavy atom. The molecule has 0 radical (unpaired) electrons. The Morgan fingerprint density at radius 3 is 2.30 bits per heavy atom. The molecule has 43 heavy (non-hydrogen) atoms. The molecule has 0 heterocycles. The van der Waals surface area contributed by atoms with E-state index in [0.29, 0.717) is 53.7 Å². The van der Waals surface area contributed by atoms with Gasteiger partial charge in [-0.05, 0) is 134 Å². The van der Waals surface area contributed by atoms with E-state index in [0.717, 1.165) is 49.7 Å². The average Bonchev–Trinajstić information content (AvgIpc) is 3.30. The van der Waals surface area contributed by atoms with Crippen LogP contribution in [0.1, 0.15) is 97.5 Å². The first kappa shape index (κ1) is 32.6. The van der Waals surface area contributed by atoms with E-state index in [1.165, 1.54) is 38.5 Å². The van der Waals surface area contributed by atoms with Gasteiger partial charge in [-0.2, -0.15) is 13.2 Å². The van der Waals surface area contributed by atoms with Crippen molar-refractivity contribution in [3.63, 3.8) is 0 Å². The topological polar surface area (TPSA) is 95.5 Å². The molecule has 0 aromatic heterocycles. The van der Waals surface area contributed by atoms with E-state index >= 15 is 0 Å². The van der Waals surface area contributed by atoms with Crippen LogP contribution in [0.15, 0.2) is 29.2 Å². The summed E-state index contributed by atoms with van der Waals surface area (Å²) in [7, 11) is -4.29. The Labute approximate surface area is 255 Å². The number of aliphatic hydroxyl groups is 1. The van der Waals surface area contributed by atoms with E-state index in [9.17, 15) is 31.5 Å². The molecule has 6 nitrogen and oxygen atoms in total. The number of sulfonamides is 1. The number of fused-ring (bicyclic) bond motifs is 5. The Kier molecular flexibility index (Phi) is 8.97. The fourth-order valence-electron chi connectivity index (χ4n) is 10.6. The van der Waals surface area contributed by atoms with Gasteiger partial charge in [0, 0.05) is 6.54 Å². The molecule has 1 aromatic rings. The molecule has 0 aliphatic heterocycles. The van der Waals surface area contributed by atoms with Crippen LogP contribution in [0.2, 0.25) is 0 Å². The van der Waals surface area contributed by atoms with Crippen molar-refractivity contribution in [2.75, 3.05) is 6.54 Å². The zero-order valence-electron chi connectivity index (χ0n) is 25.9. The van der Waals surface area contributed by atoms with Gasteiger partial charge in [0.1, 0.15) is 0 Å². The van der Waals surface area contributed by atoms with Crippen molar-refractivity contribution in [1.29, 1.82) is 0 Å². The maximum Gasteiger partial charge on any atom is 0.416 e. The highest BCUT2D eigenvalue weighted by atomic mass is 32.2. The number of nitrogens with one attached hydrogen (secondary N) is 2. The highest BCUT2D eigenvalue weighted by Crippen LogP contribution is 2.69. The minimum absolute atomic E-state index is 0.144. The van der Waals surface area contributed by atoms with Crippen molar-refractivity contribution < 1.29 is 31.5 Å². The highest BCUT2D eigenvalue weighted by molar-refractivity contribution is 7.90. The number of benzene rings is 1. The molecule has 4 saturated carbocycles. The smallest absolute Gasteiger partial charge is 0.393 e. The summed E-state index contributed by atoms with van der Waals surface area (Å²) < 4.78 is 65.4. The zero-order valence-corrected chi connectivity index (χ0v) is 26.7. The first-order chi connectivity index (χ1) is 20.1. The van der Waals surface area contributed by atoms with Gasteiger partial charge in [0.05, 0.1) is 16.6 Å². The van der Waals surface area contributed by atoms with E-state index in [2.05, 4.69) is 33.0 Å². The Balaban J connectivity index is 1.17. The van der Waals surface area contributed by atoms with E-state index in [-0.39, 0.29) is 11.5 Å². The summed E-state index contributed by atoms with van der Waals surface area (Å²) in [4.78, 5) is 12.0. The second-order valence-corrected chi connectivity index (χ2v) is 16.4. The maximum atomic E-state index is 12.8. The van der Waals surface area contributed by atoms with Crippen LogP contribution in [0, 0.1) is 52.3 Å². The monoisotopic (exact) mass is 626 g/mol. The van der Waals surface area contributed by atoms with Gasteiger partial charge in [0.25, 0.3) is 10.0 Å².